The van der Waals surface area contributed by atoms with Crippen molar-refractivity contribution >= 4 is 11.6 Å². The van der Waals surface area contributed by atoms with Crippen LogP contribution in [0.2, 0.25) is 0 Å². The van der Waals surface area contributed by atoms with Crippen LogP contribution in [0.5, 0.6) is 0 Å². The minimum atomic E-state index is -6.02. The molecule has 36 heavy (non-hydrogen) atoms. The van der Waals surface area contributed by atoms with Crippen LogP contribution in [0.4, 0.5) is 26.3 Å². The summed E-state index contributed by atoms with van der Waals surface area (Å²) in [5, 5.41) is 9.73. The van der Waals surface area contributed by atoms with Crippen molar-refractivity contribution in [1.82, 2.24) is 0 Å². The van der Waals surface area contributed by atoms with Crippen molar-refractivity contribution in [3.05, 3.63) is 58.1 Å². The number of ketones is 2. The van der Waals surface area contributed by atoms with Crippen molar-refractivity contribution in [2.45, 2.75) is 77.2 Å². The molecular formula is C26H26F6O4. The Morgan fingerprint density at radius 1 is 0.750 bits per heavy atom. The van der Waals surface area contributed by atoms with Gasteiger partial charge in [0.15, 0.2) is 11.6 Å². The van der Waals surface area contributed by atoms with E-state index in [9.17, 15) is 41.0 Å². The smallest absolute Gasteiger partial charge is 0.430 e. The number of carbonyl (C=O) groups excluding carboxylic acids is 2. The van der Waals surface area contributed by atoms with E-state index in [1.54, 1.807) is 0 Å². The molecule has 2 aliphatic carbocycles. The Kier molecular flexibility index (Phi) is 5.83. The molecule has 196 valence electrons. The zero-order chi connectivity index (χ0) is 27.1. The number of rotatable bonds is 2. The fourth-order valence-electron chi connectivity index (χ4n) is 5.41. The maximum Gasteiger partial charge on any atom is 0.430 e. The predicted molar refractivity (Wildman–Crippen MR) is 116 cm³/mol. The van der Waals surface area contributed by atoms with Gasteiger partial charge in [-0.15, -0.1) is 0 Å². The first-order valence-corrected chi connectivity index (χ1v) is 11.4. The van der Waals surface area contributed by atoms with Gasteiger partial charge in [-0.25, -0.2) is 0 Å². The molecule has 0 saturated heterocycles. The van der Waals surface area contributed by atoms with E-state index in [0.717, 1.165) is 12.1 Å². The molecule has 0 atom stereocenters. The van der Waals surface area contributed by atoms with Gasteiger partial charge in [-0.2, -0.15) is 26.3 Å². The summed E-state index contributed by atoms with van der Waals surface area (Å²) >= 11 is 0. The van der Waals surface area contributed by atoms with Gasteiger partial charge in [0.1, 0.15) is 11.5 Å². The standard InChI is InChI=1S/C26H26F6O4/c1-22(2)9-15(33)20-17(11-22)36-18-12-23(3,4)10-16(34)21(18)19(20)13-5-7-14(8-6-13)24(35,25(27,28)29)26(30,31)32/h5-8,19,35H,9-12H2,1-4H3. The Morgan fingerprint density at radius 2 is 1.14 bits per heavy atom. The molecule has 4 rings (SSSR count). The fourth-order valence-corrected chi connectivity index (χ4v) is 5.41. The highest BCUT2D eigenvalue weighted by molar-refractivity contribution is 6.06. The van der Waals surface area contributed by atoms with Crippen molar-refractivity contribution in [2.75, 3.05) is 0 Å². The minimum Gasteiger partial charge on any atom is -0.465 e. The highest BCUT2D eigenvalue weighted by Crippen LogP contribution is 2.54. The Labute approximate surface area is 204 Å². The monoisotopic (exact) mass is 516 g/mol. The molecule has 1 aromatic rings. The summed E-state index contributed by atoms with van der Waals surface area (Å²) in [6.45, 7) is 7.54. The highest BCUT2D eigenvalue weighted by Gasteiger charge is 2.71. The SMILES string of the molecule is CC1(C)CC(=O)C2=C(C1)OC1=C(C(=O)CC(C)(C)C1)C2c1ccc(C(O)(C(F)(F)F)C(F)(F)F)cc1. The zero-order valence-electron chi connectivity index (χ0n) is 20.2. The van der Waals surface area contributed by atoms with E-state index >= 15 is 0 Å². The van der Waals surface area contributed by atoms with Crippen LogP contribution in [0.3, 0.4) is 0 Å². The first-order chi connectivity index (χ1) is 16.3. The summed E-state index contributed by atoms with van der Waals surface area (Å²) in [6, 6.07) is 3.09. The molecule has 1 aliphatic heterocycles. The lowest BCUT2D eigenvalue weighted by molar-refractivity contribution is -0.376. The number of benzene rings is 1. The Balaban J connectivity index is 1.87. The van der Waals surface area contributed by atoms with Crippen molar-refractivity contribution in [3.63, 3.8) is 0 Å². The Hall–Kier alpha value is -2.62. The molecule has 4 nitrogen and oxygen atoms in total. The lowest BCUT2D eigenvalue weighted by Gasteiger charge is -2.42. The summed E-state index contributed by atoms with van der Waals surface area (Å²) in [4.78, 5) is 26.4. The summed E-state index contributed by atoms with van der Waals surface area (Å²) < 4.78 is 86.2. The zero-order valence-corrected chi connectivity index (χ0v) is 20.2. The molecule has 1 N–H and O–H groups in total. The second-order valence-electron chi connectivity index (χ2n) is 11.4. The van der Waals surface area contributed by atoms with Gasteiger partial charge in [0.05, 0.1) is 0 Å². The molecule has 0 spiro atoms. The quantitative estimate of drug-likeness (QED) is 0.462. The first kappa shape index (κ1) is 26.4. The normalized spacial score (nSPS) is 22.9. The average molecular weight is 516 g/mol. The number of carbonyl (C=O) groups is 2. The third kappa shape index (κ3) is 4.17. The van der Waals surface area contributed by atoms with E-state index in [1.807, 2.05) is 27.7 Å². The molecule has 0 fully saturated rings. The van der Waals surface area contributed by atoms with Gasteiger partial charge in [0.2, 0.25) is 0 Å². The van der Waals surface area contributed by atoms with E-state index in [1.165, 1.54) is 0 Å². The number of ether oxygens (including phenoxy) is 1. The van der Waals surface area contributed by atoms with Crippen LogP contribution in [-0.2, 0) is 19.9 Å². The van der Waals surface area contributed by atoms with Gasteiger partial charge in [-0.05, 0) is 16.4 Å². The van der Waals surface area contributed by atoms with Gasteiger partial charge in [0, 0.05) is 48.3 Å². The summed E-state index contributed by atoms with van der Waals surface area (Å²) in [5.74, 6) is -0.814. The number of halogens is 6. The molecule has 1 aromatic carbocycles. The minimum absolute atomic E-state index is 0.147. The van der Waals surface area contributed by atoms with Crippen molar-refractivity contribution < 1.29 is 45.8 Å². The molecule has 3 aliphatic rings. The number of Topliss-reactive ketones (excluding diaryl/α,β-unsaturated/α-hetero) is 2. The van der Waals surface area contributed by atoms with Crippen molar-refractivity contribution in [2.24, 2.45) is 10.8 Å². The molecule has 0 aromatic heterocycles. The van der Waals surface area contributed by atoms with Crippen LogP contribution < -0.4 is 0 Å². The summed E-state index contributed by atoms with van der Waals surface area (Å²) in [6.07, 6.45) is -11.0. The maximum atomic E-state index is 13.3. The highest BCUT2D eigenvalue weighted by atomic mass is 19.4. The van der Waals surface area contributed by atoms with Crippen LogP contribution in [0.25, 0.3) is 0 Å². The summed E-state index contributed by atoms with van der Waals surface area (Å²) in [7, 11) is 0. The molecule has 0 saturated carbocycles. The van der Waals surface area contributed by atoms with Crippen LogP contribution in [0.15, 0.2) is 46.9 Å². The largest absolute Gasteiger partial charge is 0.465 e. The molecule has 10 heteroatoms. The van der Waals surface area contributed by atoms with Crippen LogP contribution in [-0.4, -0.2) is 29.0 Å². The van der Waals surface area contributed by atoms with E-state index in [-0.39, 0.29) is 41.1 Å². The van der Waals surface area contributed by atoms with Gasteiger partial charge in [-0.3, -0.25) is 9.59 Å². The second kappa shape index (κ2) is 7.94. The van der Waals surface area contributed by atoms with Gasteiger partial charge >= 0.3 is 12.4 Å². The third-order valence-electron chi connectivity index (χ3n) is 7.06. The fraction of sp³-hybridized carbons (Fsp3) is 0.538. The molecule has 0 amide bonds. The molecular weight excluding hydrogens is 490 g/mol. The number of alkyl halides is 6. The topological polar surface area (TPSA) is 63.6 Å². The average Bonchev–Trinajstić information content (AvgIpc) is 2.68. The Bertz CT molecular complexity index is 1120. The number of hydrogen-bond donors (Lipinski definition) is 1. The maximum absolute atomic E-state index is 13.3. The predicted octanol–water partition coefficient (Wildman–Crippen LogP) is 6.40. The number of allylic oxidation sites excluding steroid dienone is 4. The van der Waals surface area contributed by atoms with Crippen LogP contribution >= 0.6 is 0 Å². The molecule has 0 radical (unpaired) electrons. The van der Waals surface area contributed by atoms with E-state index < -0.39 is 40.3 Å². The molecule has 0 unspecified atom stereocenters. The first-order valence-electron chi connectivity index (χ1n) is 11.4. The van der Waals surface area contributed by atoms with E-state index in [0.29, 0.717) is 36.5 Å². The van der Waals surface area contributed by atoms with Crippen molar-refractivity contribution in [3.8, 4) is 0 Å². The summed E-state index contributed by atoms with van der Waals surface area (Å²) in [5.41, 5.74) is -6.74. The number of aliphatic hydroxyl groups is 1. The second-order valence-corrected chi connectivity index (χ2v) is 11.4. The van der Waals surface area contributed by atoms with Gasteiger partial charge in [0.25, 0.3) is 5.60 Å². The van der Waals surface area contributed by atoms with E-state index in [2.05, 4.69) is 0 Å². The van der Waals surface area contributed by atoms with Gasteiger partial charge < -0.3 is 9.84 Å². The van der Waals surface area contributed by atoms with Crippen LogP contribution in [0.1, 0.15) is 70.4 Å². The van der Waals surface area contributed by atoms with Crippen molar-refractivity contribution in [1.29, 1.82) is 0 Å². The lowest BCUT2D eigenvalue weighted by Crippen LogP contribution is -2.53. The molecule has 1 heterocycles. The van der Waals surface area contributed by atoms with E-state index in [4.69, 9.17) is 4.74 Å². The Morgan fingerprint density at radius 3 is 1.50 bits per heavy atom. The third-order valence-corrected chi connectivity index (χ3v) is 7.06. The molecule has 0 bridgehead atoms. The number of hydrogen-bond acceptors (Lipinski definition) is 4. The van der Waals surface area contributed by atoms with Gasteiger partial charge in [-0.1, -0.05) is 52.0 Å². The lowest BCUT2D eigenvalue weighted by atomic mass is 9.65. The van der Waals surface area contributed by atoms with Crippen LogP contribution in [0, 0.1) is 10.8 Å².